The van der Waals surface area contributed by atoms with Crippen molar-refractivity contribution in [2.45, 2.75) is 199 Å². The lowest BCUT2D eigenvalue weighted by molar-refractivity contribution is -0.889. The van der Waals surface area contributed by atoms with Crippen LogP contribution in [0.25, 0.3) is 0 Å². The van der Waals surface area contributed by atoms with E-state index in [1.165, 1.54) is 83.5 Å². The molecule has 2 atom stereocenters. The Morgan fingerprint density at radius 3 is 1.48 bits per heavy atom. The minimum atomic E-state index is -1.13. The van der Waals surface area contributed by atoms with Crippen molar-refractivity contribution >= 4 is 17.9 Å². The number of unbranched alkanes of at least 4 members (excludes halogenated alkanes) is 18. The van der Waals surface area contributed by atoms with Gasteiger partial charge in [0, 0.05) is 19.3 Å². The lowest BCUT2D eigenvalue weighted by Crippen LogP contribution is -2.55. The van der Waals surface area contributed by atoms with Gasteiger partial charge in [-0.2, -0.15) is 0 Å². The third-order valence-corrected chi connectivity index (χ3v) is 9.98. The molecule has 0 aromatic carbocycles. The Bertz CT molecular complexity index is 1060. The van der Waals surface area contributed by atoms with Crippen LogP contribution in [0.3, 0.4) is 0 Å². The van der Waals surface area contributed by atoms with E-state index in [9.17, 15) is 19.5 Å². The molecule has 0 N–H and O–H groups in total. The summed E-state index contributed by atoms with van der Waals surface area (Å²) in [5, 5.41) is 11.6. The van der Waals surface area contributed by atoms with Gasteiger partial charge in [-0.3, -0.25) is 9.59 Å². The molecule has 0 fully saturated rings. The number of likely N-dealkylation sites (N-methyl/N-ethyl adjacent to an activating group) is 1. The average molecular weight is 788 g/mol. The summed E-state index contributed by atoms with van der Waals surface area (Å²) >= 11 is 0. The topological polar surface area (TPSA) is 102 Å². The van der Waals surface area contributed by atoms with Gasteiger partial charge >= 0.3 is 11.9 Å². The molecule has 0 aliphatic heterocycles. The zero-order valence-electron chi connectivity index (χ0n) is 36.8. The minimum absolute atomic E-state index is 0.0315. The van der Waals surface area contributed by atoms with Crippen molar-refractivity contribution in [3.8, 4) is 0 Å². The Kier molecular flexibility index (Phi) is 37.2. The van der Waals surface area contributed by atoms with Crippen LogP contribution >= 0.6 is 0 Å². The zero-order chi connectivity index (χ0) is 41.4. The molecule has 0 aromatic heterocycles. The second-order valence-corrected chi connectivity index (χ2v) is 16.3. The Hall–Kier alpha value is -2.71. The van der Waals surface area contributed by atoms with Crippen LogP contribution in [0.5, 0.6) is 0 Å². The number of carbonyl (C=O) groups is 3. The fourth-order valence-electron chi connectivity index (χ4n) is 6.47. The molecule has 0 aromatic rings. The summed E-state index contributed by atoms with van der Waals surface area (Å²) in [4.78, 5) is 36.9. The monoisotopic (exact) mass is 788 g/mol. The summed E-state index contributed by atoms with van der Waals surface area (Å²) < 4.78 is 17.2. The summed E-state index contributed by atoms with van der Waals surface area (Å²) in [5.74, 6) is -1.77. The molecule has 0 amide bonds. The van der Waals surface area contributed by atoms with Crippen LogP contribution in [0.4, 0.5) is 0 Å². The van der Waals surface area contributed by atoms with E-state index in [2.05, 4.69) is 62.5 Å². The zero-order valence-corrected chi connectivity index (χ0v) is 36.8. The predicted molar refractivity (Wildman–Crippen MR) is 231 cm³/mol. The standard InChI is InChI=1S/C48H85NO7/c1-6-8-10-12-14-16-18-20-22-24-26-28-30-32-34-36-38-46(50)55-43-44(42-54-41-40-45(48(52)53)49(3,4)5)56-47(51)39-37-35-33-31-29-27-25-23-21-19-17-15-13-11-9-7-2/h8,10,14,16,20,22,26,28,44-45H,6-7,9,11-13,15,17-19,21,23-25,27,29-43H2,1-5H3/b10-8+,16-14+,22-20+,28-26+. The highest BCUT2D eigenvalue weighted by Gasteiger charge is 2.25. The van der Waals surface area contributed by atoms with Gasteiger partial charge in [-0.15, -0.1) is 0 Å². The number of carboxylic acids is 1. The molecule has 0 aliphatic rings. The van der Waals surface area contributed by atoms with Gasteiger partial charge < -0.3 is 28.6 Å². The van der Waals surface area contributed by atoms with Crippen molar-refractivity contribution in [2.75, 3.05) is 41.0 Å². The van der Waals surface area contributed by atoms with E-state index in [0.29, 0.717) is 12.8 Å². The molecular weight excluding hydrogens is 703 g/mol. The predicted octanol–water partition coefficient (Wildman–Crippen LogP) is 11.1. The number of aliphatic carboxylic acids is 1. The third-order valence-electron chi connectivity index (χ3n) is 9.98. The Labute approximate surface area is 344 Å². The first-order valence-corrected chi connectivity index (χ1v) is 22.7. The summed E-state index contributed by atoms with van der Waals surface area (Å²) in [6.07, 6.45) is 45.6. The van der Waals surface area contributed by atoms with E-state index in [4.69, 9.17) is 14.2 Å². The largest absolute Gasteiger partial charge is 0.544 e. The van der Waals surface area contributed by atoms with Crippen LogP contribution < -0.4 is 5.11 Å². The van der Waals surface area contributed by atoms with Gasteiger partial charge in [0.15, 0.2) is 6.10 Å². The molecule has 324 valence electrons. The summed E-state index contributed by atoms with van der Waals surface area (Å²) in [7, 11) is 5.40. The molecule has 0 radical (unpaired) electrons. The van der Waals surface area contributed by atoms with E-state index in [1.807, 2.05) is 0 Å². The van der Waals surface area contributed by atoms with Crippen LogP contribution in [0, 0.1) is 0 Å². The first kappa shape index (κ1) is 53.3. The number of allylic oxidation sites excluding steroid dienone is 8. The normalized spacial score (nSPS) is 13.4. The molecule has 0 aliphatic carbocycles. The number of carbonyl (C=O) groups excluding carboxylic acids is 3. The maximum atomic E-state index is 12.7. The molecule has 0 spiro atoms. The lowest BCUT2D eigenvalue weighted by atomic mass is 10.0. The molecule has 8 heteroatoms. The van der Waals surface area contributed by atoms with Crippen molar-refractivity contribution in [2.24, 2.45) is 0 Å². The molecule has 0 saturated heterocycles. The third kappa shape index (κ3) is 36.9. The van der Waals surface area contributed by atoms with Gasteiger partial charge in [-0.1, -0.05) is 165 Å². The van der Waals surface area contributed by atoms with E-state index < -0.39 is 18.1 Å². The van der Waals surface area contributed by atoms with Gasteiger partial charge in [0.2, 0.25) is 0 Å². The number of esters is 2. The smallest absolute Gasteiger partial charge is 0.306 e. The quantitative estimate of drug-likeness (QED) is 0.0264. The fourth-order valence-corrected chi connectivity index (χ4v) is 6.47. The van der Waals surface area contributed by atoms with Crippen molar-refractivity contribution < 1.29 is 38.2 Å². The van der Waals surface area contributed by atoms with E-state index in [-0.39, 0.29) is 42.7 Å². The molecule has 56 heavy (non-hydrogen) atoms. The number of rotatable bonds is 40. The molecule has 0 heterocycles. The highest BCUT2D eigenvalue weighted by molar-refractivity contribution is 5.70. The van der Waals surface area contributed by atoms with Crippen LogP contribution in [0.15, 0.2) is 48.6 Å². The SMILES string of the molecule is CC/C=C/C/C=C/C/C=C/C/C=C/CCCCCC(=O)OCC(COCCC(C(=O)[O-])[N+](C)(C)C)OC(=O)CCCCCCCCCCCCCCCCCC. The first-order valence-electron chi connectivity index (χ1n) is 22.7. The van der Waals surface area contributed by atoms with Crippen LogP contribution in [0.1, 0.15) is 187 Å². The fraction of sp³-hybridized carbons (Fsp3) is 0.771. The maximum Gasteiger partial charge on any atom is 0.306 e. The molecule has 0 saturated carbocycles. The summed E-state index contributed by atoms with van der Waals surface area (Å²) in [6.45, 7) is 4.52. The van der Waals surface area contributed by atoms with E-state index in [1.54, 1.807) is 21.1 Å². The van der Waals surface area contributed by atoms with Crippen molar-refractivity contribution in [3.05, 3.63) is 48.6 Å². The van der Waals surface area contributed by atoms with Gasteiger partial charge in [-0.05, 0) is 51.4 Å². The number of hydrogen-bond donors (Lipinski definition) is 0. The second kappa shape index (κ2) is 39.1. The number of carboxylic acid groups (broad SMARTS) is 1. The molecule has 8 nitrogen and oxygen atoms in total. The Morgan fingerprint density at radius 2 is 1.00 bits per heavy atom. The molecule has 0 bridgehead atoms. The van der Waals surface area contributed by atoms with Gasteiger partial charge in [0.05, 0.1) is 40.3 Å². The van der Waals surface area contributed by atoms with Gasteiger partial charge in [0.1, 0.15) is 12.6 Å². The lowest BCUT2D eigenvalue weighted by Gasteiger charge is -2.34. The van der Waals surface area contributed by atoms with Gasteiger partial charge in [0.25, 0.3) is 0 Å². The summed E-state index contributed by atoms with van der Waals surface area (Å²) in [5.41, 5.74) is 0. The van der Waals surface area contributed by atoms with Crippen LogP contribution in [-0.4, -0.2) is 75.5 Å². The number of quaternary nitrogens is 1. The molecule has 2 unspecified atom stereocenters. The average Bonchev–Trinajstić information content (AvgIpc) is 3.15. The number of ether oxygens (including phenoxy) is 3. The number of nitrogens with zero attached hydrogens (tertiary/aromatic N) is 1. The summed E-state index contributed by atoms with van der Waals surface area (Å²) in [6, 6.07) is -0.730. The number of hydrogen-bond acceptors (Lipinski definition) is 7. The molecular formula is C48H85NO7. The minimum Gasteiger partial charge on any atom is -0.544 e. The van der Waals surface area contributed by atoms with Crippen molar-refractivity contribution in [1.82, 2.24) is 0 Å². The second-order valence-electron chi connectivity index (χ2n) is 16.3. The van der Waals surface area contributed by atoms with Crippen LogP contribution in [-0.2, 0) is 28.6 Å². The first-order chi connectivity index (χ1) is 27.1. The highest BCUT2D eigenvalue weighted by Crippen LogP contribution is 2.15. The van der Waals surface area contributed by atoms with Crippen LogP contribution in [0.2, 0.25) is 0 Å². The highest BCUT2D eigenvalue weighted by atomic mass is 16.6. The van der Waals surface area contributed by atoms with Gasteiger partial charge in [-0.25, -0.2) is 0 Å². The van der Waals surface area contributed by atoms with Crippen molar-refractivity contribution in [1.29, 1.82) is 0 Å². The van der Waals surface area contributed by atoms with Crippen molar-refractivity contribution in [3.63, 3.8) is 0 Å². The maximum absolute atomic E-state index is 12.7. The Balaban J connectivity index is 4.37. The Morgan fingerprint density at radius 1 is 0.554 bits per heavy atom. The van der Waals surface area contributed by atoms with E-state index in [0.717, 1.165) is 70.6 Å². The molecule has 0 rings (SSSR count). The van der Waals surface area contributed by atoms with E-state index >= 15 is 0 Å².